The van der Waals surface area contributed by atoms with E-state index in [4.69, 9.17) is 18.9 Å². The minimum atomic E-state index is -0.967. The van der Waals surface area contributed by atoms with Gasteiger partial charge in [-0.3, -0.25) is 53.0 Å². The molecule has 0 saturated carbocycles. The normalized spacial score (nSPS) is 11.3. The Bertz CT molecular complexity index is 3000. The lowest BCUT2D eigenvalue weighted by atomic mass is 10.1. The van der Waals surface area contributed by atoms with Crippen molar-refractivity contribution in [2.45, 2.75) is 93.5 Å². The van der Waals surface area contributed by atoms with E-state index in [1.807, 2.05) is 9.80 Å². The molecule has 0 fully saturated rings. The first kappa shape index (κ1) is 75.2. The number of hydrogen-bond donors (Lipinski definition) is 10. The van der Waals surface area contributed by atoms with Crippen molar-refractivity contribution in [2.24, 2.45) is 0 Å². The Balaban J connectivity index is 0.0000120. The topological polar surface area (TPSA) is 370 Å². The number of nitrogens with one attached hydrogen (secondary N) is 6. The predicted molar refractivity (Wildman–Crippen MR) is 315 cm³/mol. The number of aromatic nitrogens is 4. The molecule has 4 aromatic heterocycles. The lowest BCUT2D eigenvalue weighted by molar-refractivity contribution is -0.121. The quantitative estimate of drug-likeness (QED) is 0.0215. The standard InChI is InChI=1S/C53H78N12O17.3CH4/c1-6-45(66)44(59-33-37-11-15-41(51(72)63(37)76)47(68)56-21-29-80-3)18-27-61(35-39-13-17-43(53(74)65(39)78)49(70)58-23-31-82-5)25-8-7-24-60(34-38-12-16-42(52(73)64(38)77)48(69)57-22-30-81-4)26-9-19-54-32-36-10-14-40(50(71)62(36)75)46(67)55-20-28-79-2;;;/h10-17,44,54,59,75-78H,6-9,18-35H2,1-5H3,(H,55,67)(H,56,68)(H,57,69)(H,58,70);3*1H4. The third kappa shape index (κ3) is 23.0. The van der Waals surface area contributed by atoms with Crippen molar-refractivity contribution >= 4 is 29.4 Å². The van der Waals surface area contributed by atoms with Gasteiger partial charge < -0.3 is 71.7 Å². The Hall–Kier alpha value is -7.77. The molecule has 10 N–H and O–H groups in total. The third-order valence-corrected chi connectivity index (χ3v) is 13.0. The van der Waals surface area contributed by atoms with Crippen molar-refractivity contribution in [3.63, 3.8) is 0 Å². The minimum absolute atomic E-state index is 0. The number of ketones is 1. The fourth-order valence-corrected chi connectivity index (χ4v) is 8.39. The summed E-state index contributed by atoms with van der Waals surface area (Å²) < 4.78 is 21.3. The first-order valence-corrected chi connectivity index (χ1v) is 26.7. The van der Waals surface area contributed by atoms with E-state index in [2.05, 4.69) is 31.9 Å². The molecule has 29 heteroatoms. The zero-order chi connectivity index (χ0) is 60.1. The van der Waals surface area contributed by atoms with Crippen molar-refractivity contribution in [3.05, 3.63) is 135 Å². The second kappa shape index (κ2) is 39.7. The number of rotatable bonds is 39. The van der Waals surface area contributed by atoms with Crippen LogP contribution in [0.1, 0.15) is 126 Å². The van der Waals surface area contributed by atoms with Gasteiger partial charge >= 0.3 is 0 Å². The second-order valence-electron chi connectivity index (χ2n) is 18.7. The fourth-order valence-electron chi connectivity index (χ4n) is 8.39. The van der Waals surface area contributed by atoms with Gasteiger partial charge in [0.2, 0.25) is 0 Å². The van der Waals surface area contributed by atoms with Crippen LogP contribution >= 0.6 is 0 Å². The van der Waals surface area contributed by atoms with E-state index in [1.165, 1.54) is 77.0 Å². The summed E-state index contributed by atoms with van der Waals surface area (Å²) in [6.45, 7) is 4.64. The number of nitrogens with zero attached hydrogens (tertiary/aromatic N) is 6. The monoisotopic (exact) mass is 1200 g/mol. The van der Waals surface area contributed by atoms with Crippen LogP contribution in [-0.2, 0) is 49.9 Å². The molecule has 0 aliphatic heterocycles. The average molecular weight is 1200 g/mol. The molecule has 29 nitrogen and oxygen atoms in total. The molecule has 1 atom stereocenters. The molecular formula is C56H90N12O17. The first-order valence-electron chi connectivity index (χ1n) is 26.7. The molecule has 1 unspecified atom stereocenters. The van der Waals surface area contributed by atoms with E-state index < -0.39 is 51.9 Å². The van der Waals surface area contributed by atoms with Crippen LogP contribution in [-0.4, -0.2) is 199 Å². The van der Waals surface area contributed by atoms with E-state index in [0.29, 0.717) is 64.4 Å². The van der Waals surface area contributed by atoms with E-state index in [-0.39, 0.29) is 171 Å². The van der Waals surface area contributed by atoms with E-state index in [1.54, 1.807) is 6.92 Å². The lowest BCUT2D eigenvalue weighted by Crippen LogP contribution is -2.41. The van der Waals surface area contributed by atoms with Crippen molar-refractivity contribution < 1.29 is 63.7 Å². The summed E-state index contributed by atoms with van der Waals surface area (Å²) in [7, 11) is 5.83. The highest BCUT2D eigenvalue weighted by Crippen LogP contribution is 2.13. The molecule has 4 aromatic rings. The van der Waals surface area contributed by atoms with Gasteiger partial charge in [0.1, 0.15) is 28.0 Å². The van der Waals surface area contributed by atoms with E-state index in [0.717, 1.165) is 0 Å². The number of Topliss-reactive ketones (excluding diaryl/α,β-unsaturated/α-hetero) is 1. The molecule has 0 radical (unpaired) electrons. The summed E-state index contributed by atoms with van der Waals surface area (Å²) >= 11 is 0. The maximum absolute atomic E-state index is 13.4. The summed E-state index contributed by atoms with van der Waals surface area (Å²) in [6.07, 6.45) is 1.75. The molecular weight excluding hydrogens is 1110 g/mol. The van der Waals surface area contributed by atoms with Crippen LogP contribution in [0, 0.1) is 0 Å². The van der Waals surface area contributed by atoms with Gasteiger partial charge in [0, 0.05) is 93.8 Å². The predicted octanol–water partition coefficient (Wildman–Crippen LogP) is 0.488. The molecule has 0 aliphatic carbocycles. The highest BCUT2D eigenvalue weighted by Gasteiger charge is 2.23. The fraction of sp³-hybridized carbons (Fsp3) is 0.554. The number of methoxy groups -OCH3 is 4. The Morgan fingerprint density at radius 2 is 0.776 bits per heavy atom. The van der Waals surface area contributed by atoms with Gasteiger partial charge in [-0.1, -0.05) is 29.2 Å². The number of carbonyl (C=O) groups is 5. The Kier molecular flexibility index (Phi) is 35.2. The molecule has 4 heterocycles. The van der Waals surface area contributed by atoms with Gasteiger partial charge in [0.25, 0.3) is 45.9 Å². The van der Waals surface area contributed by atoms with Crippen LogP contribution in [0.25, 0.3) is 0 Å². The summed E-state index contributed by atoms with van der Waals surface area (Å²) in [4.78, 5) is 120. The summed E-state index contributed by atoms with van der Waals surface area (Å²) in [6, 6.07) is 10.1. The van der Waals surface area contributed by atoms with Crippen LogP contribution < -0.4 is 54.1 Å². The Labute approximate surface area is 494 Å². The molecule has 0 aliphatic rings. The van der Waals surface area contributed by atoms with E-state index in [9.17, 15) is 64.0 Å². The second-order valence-corrected chi connectivity index (χ2v) is 18.7. The Morgan fingerprint density at radius 1 is 0.459 bits per heavy atom. The lowest BCUT2D eigenvalue weighted by Gasteiger charge is -2.27. The first-order chi connectivity index (χ1) is 39.4. The van der Waals surface area contributed by atoms with Crippen molar-refractivity contribution in [1.29, 1.82) is 0 Å². The number of ether oxygens (including phenoxy) is 4. The van der Waals surface area contributed by atoms with Crippen LogP contribution in [0.2, 0.25) is 0 Å². The molecule has 0 spiro atoms. The molecule has 476 valence electrons. The highest BCUT2D eigenvalue weighted by atomic mass is 16.5. The smallest absolute Gasteiger partial charge is 0.295 e. The number of hydrogen-bond acceptors (Lipinski definition) is 21. The summed E-state index contributed by atoms with van der Waals surface area (Å²) in [5.41, 5.74) is -4.34. The SMILES string of the molecule is C.C.C.CCC(=O)C(CCN(CCCCN(CCCNCc1ccc(C(=O)NCCOC)c(=O)n1O)Cc1ccc(C(=O)NCCOC)c(=O)n1O)Cc1ccc(C(=O)NCCOC)c(=O)n1O)NCc1ccc(C(=O)NCCOC)c(=O)n1O. The zero-order valence-electron chi connectivity index (χ0n) is 47.0. The average Bonchev–Trinajstić information content (AvgIpc) is 3.22. The van der Waals surface area contributed by atoms with Gasteiger partial charge in [0.05, 0.1) is 55.2 Å². The number of unbranched alkanes of at least 4 members (excludes halogenated alkanes) is 1. The van der Waals surface area contributed by atoms with Crippen molar-refractivity contribution in [1.82, 2.24) is 60.6 Å². The molecule has 0 aromatic carbocycles. The minimum Gasteiger partial charge on any atom is -0.425 e. The van der Waals surface area contributed by atoms with Gasteiger partial charge in [-0.05, 0) is 100 Å². The number of carbonyl (C=O) groups excluding carboxylic acids is 5. The summed E-state index contributed by atoms with van der Waals surface area (Å²) in [5, 5.41) is 60.0. The zero-order valence-corrected chi connectivity index (χ0v) is 47.0. The van der Waals surface area contributed by atoms with Crippen LogP contribution in [0.15, 0.2) is 67.7 Å². The van der Waals surface area contributed by atoms with Crippen molar-refractivity contribution in [2.75, 3.05) is 114 Å². The Morgan fingerprint density at radius 3 is 1.13 bits per heavy atom. The van der Waals surface area contributed by atoms with Crippen molar-refractivity contribution in [3.8, 4) is 0 Å². The van der Waals surface area contributed by atoms with Gasteiger partial charge in [-0.15, -0.1) is 0 Å². The number of amides is 4. The van der Waals surface area contributed by atoms with Crippen LogP contribution in [0.4, 0.5) is 0 Å². The van der Waals surface area contributed by atoms with Gasteiger partial charge in [0.15, 0.2) is 0 Å². The van der Waals surface area contributed by atoms with Crippen LogP contribution in [0.3, 0.4) is 0 Å². The van der Waals surface area contributed by atoms with E-state index >= 15 is 0 Å². The molecule has 85 heavy (non-hydrogen) atoms. The molecule has 0 bridgehead atoms. The highest BCUT2D eigenvalue weighted by molar-refractivity contribution is 5.95. The number of pyridine rings is 4. The summed E-state index contributed by atoms with van der Waals surface area (Å²) in [5.74, 6) is -2.98. The van der Waals surface area contributed by atoms with Gasteiger partial charge in [-0.2, -0.15) is 18.9 Å². The largest absolute Gasteiger partial charge is 0.425 e. The van der Waals surface area contributed by atoms with Gasteiger partial charge in [-0.25, -0.2) is 0 Å². The molecule has 4 rings (SSSR count). The maximum atomic E-state index is 13.4. The van der Waals surface area contributed by atoms with Crippen LogP contribution in [0.5, 0.6) is 0 Å². The third-order valence-electron chi connectivity index (χ3n) is 13.0. The molecule has 0 saturated heterocycles. The maximum Gasteiger partial charge on any atom is 0.295 e. The molecule has 4 amide bonds.